The zero-order valence-electron chi connectivity index (χ0n) is 8.08. The van der Waals surface area contributed by atoms with Gasteiger partial charge in [0.15, 0.2) is 5.69 Å². The van der Waals surface area contributed by atoms with Crippen molar-refractivity contribution in [1.82, 2.24) is 4.98 Å². The maximum atomic E-state index is 12.1. The Bertz CT molecular complexity index is 450. The third kappa shape index (κ3) is 3.70. The van der Waals surface area contributed by atoms with E-state index in [1.54, 1.807) is 0 Å². The summed E-state index contributed by atoms with van der Waals surface area (Å²) in [6.07, 6.45) is -4.90. The molecule has 0 radical (unpaired) electrons. The lowest BCUT2D eigenvalue weighted by Gasteiger charge is -2.12. The molecule has 0 spiro atoms. The van der Waals surface area contributed by atoms with E-state index in [1.165, 1.54) is 22.6 Å². The van der Waals surface area contributed by atoms with Crippen LogP contribution in [0.15, 0.2) is 6.07 Å². The number of aromatic carboxylic acids is 1. The Kier molecular flexibility index (Phi) is 4.14. The zero-order chi connectivity index (χ0) is 13.2. The van der Waals surface area contributed by atoms with E-state index in [1.807, 2.05) is 0 Å². The minimum absolute atomic E-state index is 0.00191. The molecule has 1 rings (SSSR count). The van der Waals surface area contributed by atoms with E-state index in [-0.39, 0.29) is 15.8 Å². The summed E-state index contributed by atoms with van der Waals surface area (Å²) < 4.78 is 39.7. The molecule has 3 N–H and O–H groups in total. The molecule has 9 heteroatoms. The highest BCUT2D eigenvalue weighted by atomic mass is 127. The van der Waals surface area contributed by atoms with Crippen LogP contribution in [0.1, 0.15) is 16.2 Å². The molecule has 0 aliphatic heterocycles. The number of pyridine rings is 1. The van der Waals surface area contributed by atoms with Crippen LogP contribution in [-0.4, -0.2) is 22.4 Å². The number of aromatic nitrogens is 1. The highest BCUT2D eigenvalue weighted by Crippen LogP contribution is 2.29. The molecule has 0 aliphatic rings. The first-order valence-electron chi connectivity index (χ1n) is 4.13. The average Bonchev–Trinajstić information content (AvgIpc) is 2.18. The predicted octanol–water partition coefficient (Wildman–Crippen LogP) is 1.74. The molecule has 0 fully saturated rings. The van der Waals surface area contributed by atoms with E-state index in [0.717, 1.165) is 6.07 Å². The molecular formula is C8H6F3IN2O3. The van der Waals surface area contributed by atoms with Gasteiger partial charge in [-0.05, 0) is 22.6 Å². The summed E-state index contributed by atoms with van der Waals surface area (Å²) in [5.41, 5.74) is 4.69. The van der Waals surface area contributed by atoms with Crippen molar-refractivity contribution in [3.8, 4) is 5.75 Å². The van der Waals surface area contributed by atoms with Crippen molar-refractivity contribution in [2.75, 3.05) is 0 Å². The minimum atomic E-state index is -4.90. The number of carbonyl (C=O) groups is 1. The summed E-state index contributed by atoms with van der Waals surface area (Å²) in [5, 5.41) is 8.76. The number of alkyl halides is 3. The highest BCUT2D eigenvalue weighted by Gasteiger charge is 2.33. The van der Waals surface area contributed by atoms with E-state index < -0.39 is 23.8 Å². The van der Waals surface area contributed by atoms with Crippen LogP contribution in [0.2, 0.25) is 0 Å². The third-order valence-electron chi connectivity index (χ3n) is 1.61. The summed E-state index contributed by atoms with van der Waals surface area (Å²) in [5.74, 6) is -2.07. The topological polar surface area (TPSA) is 85.4 Å². The quantitative estimate of drug-likeness (QED) is 0.801. The second-order valence-corrected chi connectivity index (χ2v) is 3.91. The standard InChI is InChI=1S/C8H6F3IN2O3/c9-8(10,11)17-4-1-3(2-13)14-6(5(4)12)7(15)16/h1H,2,13H2,(H,15,16). The molecule has 0 bridgehead atoms. The third-order valence-corrected chi connectivity index (χ3v) is 2.66. The Balaban J connectivity index is 3.29. The van der Waals surface area contributed by atoms with Gasteiger partial charge in [-0.25, -0.2) is 9.78 Å². The summed E-state index contributed by atoms with van der Waals surface area (Å²) in [7, 11) is 0. The molecule has 1 aromatic rings. The van der Waals surface area contributed by atoms with Gasteiger partial charge in [0.05, 0.1) is 9.26 Å². The number of halogens is 4. The SMILES string of the molecule is NCc1cc(OC(F)(F)F)c(I)c(C(=O)O)n1. The van der Waals surface area contributed by atoms with E-state index in [4.69, 9.17) is 10.8 Å². The smallest absolute Gasteiger partial charge is 0.476 e. The Labute approximate surface area is 107 Å². The fourth-order valence-electron chi connectivity index (χ4n) is 1.00. The van der Waals surface area contributed by atoms with Crippen molar-refractivity contribution < 1.29 is 27.8 Å². The molecule has 0 atom stereocenters. The average molecular weight is 362 g/mol. The Hall–Kier alpha value is -1.10. The van der Waals surface area contributed by atoms with Crippen LogP contribution in [0.3, 0.4) is 0 Å². The van der Waals surface area contributed by atoms with Gasteiger partial charge in [0, 0.05) is 12.6 Å². The van der Waals surface area contributed by atoms with Gasteiger partial charge in [0.2, 0.25) is 0 Å². The fraction of sp³-hybridized carbons (Fsp3) is 0.250. The molecule has 0 amide bonds. The summed E-state index contributed by atoms with van der Waals surface area (Å²) in [6.45, 7) is -0.189. The second-order valence-electron chi connectivity index (χ2n) is 2.83. The molecule has 0 aliphatic carbocycles. The number of carboxylic acids is 1. The van der Waals surface area contributed by atoms with Crippen molar-refractivity contribution in [1.29, 1.82) is 0 Å². The fourth-order valence-corrected chi connectivity index (χ4v) is 1.62. The lowest BCUT2D eigenvalue weighted by molar-refractivity contribution is -0.275. The monoisotopic (exact) mass is 362 g/mol. The lowest BCUT2D eigenvalue weighted by atomic mass is 10.3. The van der Waals surface area contributed by atoms with Gasteiger partial charge in [-0.15, -0.1) is 13.2 Å². The Morgan fingerprint density at radius 2 is 2.18 bits per heavy atom. The van der Waals surface area contributed by atoms with E-state index in [9.17, 15) is 18.0 Å². The van der Waals surface area contributed by atoms with Gasteiger partial charge < -0.3 is 15.6 Å². The molecule has 0 saturated carbocycles. The number of nitrogens with zero attached hydrogens (tertiary/aromatic N) is 1. The summed E-state index contributed by atoms with van der Waals surface area (Å²) in [6, 6.07) is 0.960. The Morgan fingerprint density at radius 3 is 2.59 bits per heavy atom. The molecule has 1 heterocycles. The van der Waals surface area contributed by atoms with Gasteiger partial charge in [-0.2, -0.15) is 0 Å². The number of carboxylic acid groups (broad SMARTS) is 1. The van der Waals surface area contributed by atoms with Gasteiger partial charge in [-0.1, -0.05) is 0 Å². The van der Waals surface area contributed by atoms with Crippen LogP contribution < -0.4 is 10.5 Å². The molecule has 0 unspecified atom stereocenters. The summed E-state index contributed by atoms with van der Waals surface area (Å²) in [4.78, 5) is 14.4. The minimum Gasteiger partial charge on any atom is -0.476 e. The van der Waals surface area contributed by atoms with Crippen LogP contribution in [0.4, 0.5) is 13.2 Å². The number of hydrogen-bond acceptors (Lipinski definition) is 4. The van der Waals surface area contributed by atoms with Crippen molar-refractivity contribution in [2.24, 2.45) is 5.73 Å². The normalized spacial score (nSPS) is 11.4. The molecule has 1 aromatic heterocycles. The van der Waals surface area contributed by atoms with Gasteiger partial charge in [0.25, 0.3) is 0 Å². The molecular weight excluding hydrogens is 356 g/mol. The van der Waals surface area contributed by atoms with Gasteiger partial charge >= 0.3 is 12.3 Å². The van der Waals surface area contributed by atoms with Crippen LogP contribution in [-0.2, 0) is 6.54 Å². The van der Waals surface area contributed by atoms with Crippen molar-refractivity contribution in [3.05, 3.63) is 21.0 Å². The highest BCUT2D eigenvalue weighted by molar-refractivity contribution is 14.1. The van der Waals surface area contributed by atoms with Crippen molar-refractivity contribution in [3.63, 3.8) is 0 Å². The first-order valence-corrected chi connectivity index (χ1v) is 5.21. The predicted molar refractivity (Wildman–Crippen MR) is 58.5 cm³/mol. The van der Waals surface area contributed by atoms with Crippen LogP contribution in [0.25, 0.3) is 0 Å². The van der Waals surface area contributed by atoms with E-state index in [0.29, 0.717) is 0 Å². The first kappa shape index (κ1) is 14.0. The van der Waals surface area contributed by atoms with E-state index >= 15 is 0 Å². The lowest BCUT2D eigenvalue weighted by Crippen LogP contribution is -2.20. The van der Waals surface area contributed by atoms with E-state index in [2.05, 4.69) is 9.72 Å². The number of hydrogen-bond donors (Lipinski definition) is 2. The first-order chi connectivity index (χ1) is 7.74. The zero-order valence-corrected chi connectivity index (χ0v) is 10.2. The molecule has 0 aromatic carbocycles. The van der Waals surface area contributed by atoms with Crippen molar-refractivity contribution >= 4 is 28.6 Å². The number of nitrogens with two attached hydrogens (primary N) is 1. The number of rotatable bonds is 3. The molecule has 94 valence electrons. The molecule has 17 heavy (non-hydrogen) atoms. The van der Waals surface area contributed by atoms with Crippen molar-refractivity contribution in [2.45, 2.75) is 12.9 Å². The number of ether oxygens (including phenoxy) is 1. The Morgan fingerprint density at radius 1 is 1.59 bits per heavy atom. The molecule has 5 nitrogen and oxygen atoms in total. The summed E-state index contributed by atoms with van der Waals surface area (Å²) >= 11 is 1.42. The maximum absolute atomic E-state index is 12.1. The van der Waals surface area contributed by atoms with Gasteiger partial charge in [-0.3, -0.25) is 0 Å². The van der Waals surface area contributed by atoms with Gasteiger partial charge in [0.1, 0.15) is 5.75 Å². The second kappa shape index (κ2) is 5.04. The maximum Gasteiger partial charge on any atom is 0.573 e. The van der Waals surface area contributed by atoms with Crippen LogP contribution in [0, 0.1) is 3.57 Å². The molecule has 0 saturated heterocycles. The van der Waals surface area contributed by atoms with Crippen LogP contribution >= 0.6 is 22.6 Å². The largest absolute Gasteiger partial charge is 0.573 e. The van der Waals surface area contributed by atoms with Crippen LogP contribution in [0.5, 0.6) is 5.75 Å².